The second-order valence-electron chi connectivity index (χ2n) is 4.96. The lowest BCUT2D eigenvalue weighted by molar-refractivity contribution is -0.189. The highest BCUT2D eigenvalue weighted by Crippen LogP contribution is 2.38. The number of methoxy groups -OCH3 is 1. The molecule has 0 N–H and O–H groups in total. The van der Waals surface area contributed by atoms with Crippen LogP contribution in [0.25, 0.3) is 0 Å². The Morgan fingerprint density at radius 3 is 2.50 bits per heavy atom. The summed E-state index contributed by atoms with van der Waals surface area (Å²) in [6.45, 7) is 0.310. The van der Waals surface area contributed by atoms with Gasteiger partial charge in [0, 0.05) is 19.6 Å². The highest BCUT2D eigenvalue weighted by Gasteiger charge is 2.52. The molecule has 2 rings (SSSR count). The van der Waals surface area contributed by atoms with Crippen LogP contribution in [0.3, 0.4) is 0 Å². The molecule has 1 saturated heterocycles. The summed E-state index contributed by atoms with van der Waals surface area (Å²) < 4.78 is 43.4. The first-order valence-electron chi connectivity index (χ1n) is 6.32. The van der Waals surface area contributed by atoms with Crippen molar-refractivity contribution in [2.75, 3.05) is 20.2 Å². The lowest BCUT2D eigenvalue weighted by atomic mass is 9.96. The zero-order chi connectivity index (χ0) is 14.8. The van der Waals surface area contributed by atoms with E-state index in [1.807, 2.05) is 30.3 Å². The molecule has 0 aromatic heterocycles. The molecule has 1 aromatic rings. The predicted molar refractivity (Wildman–Crippen MR) is 66.8 cm³/mol. The number of carbonyl (C=O) groups is 1. The lowest BCUT2D eigenvalue weighted by Gasteiger charge is -2.19. The first kappa shape index (κ1) is 14.8. The van der Waals surface area contributed by atoms with Crippen LogP contribution in [0.5, 0.6) is 0 Å². The van der Waals surface area contributed by atoms with Gasteiger partial charge in [-0.15, -0.1) is 0 Å². The van der Waals surface area contributed by atoms with Crippen LogP contribution in [0, 0.1) is 11.8 Å². The van der Waals surface area contributed by atoms with Crippen molar-refractivity contribution in [3.63, 3.8) is 0 Å². The molecule has 20 heavy (non-hydrogen) atoms. The molecule has 1 aliphatic rings. The van der Waals surface area contributed by atoms with Gasteiger partial charge < -0.3 is 4.74 Å². The van der Waals surface area contributed by atoms with E-state index in [2.05, 4.69) is 4.74 Å². The molecule has 1 aliphatic heterocycles. The number of likely N-dealkylation sites (tertiary alicyclic amines) is 1. The van der Waals surface area contributed by atoms with Gasteiger partial charge in [0.1, 0.15) is 0 Å². The van der Waals surface area contributed by atoms with E-state index < -0.39 is 24.0 Å². The molecule has 0 aliphatic carbocycles. The molecular weight excluding hydrogens is 271 g/mol. The van der Waals surface area contributed by atoms with Crippen LogP contribution in [0.4, 0.5) is 13.2 Å². The van der Waals surface area contributed by atoms with Gasteiger partial charge in [0.05, 0.1) is 18.9 Å². The summed E-state index contributed by atoms with van der Waals surface area (Å²) in [7, 11) is 1.12. The summed E-state index contributed by atoms with van der Waals surface area (Å²) in [6.07, 6.45) is -4.38. The highest BCUT2D eigenvalue weighted by atomic mass is 19.4. The van der Waals surface area contributed by atoms with Crippen LogP contribution < -0.4 is 0 Å². The van der Waals surface area contributed by atoms with Crippen LogP contribution >= 0.6 is 0 Å². The number of nitrogens with zero attached hydrogens (tertiary/aromatic N) is 1. The molecule has 0 amide bonds. The Bertz CT molecular complexity index is 461. The van der Waals surface area contributed by atoms with Crippen molar-refractivity contribution >= 4 is 5.97 Å². The molecule has 1 fully saturated rings. The number of hydrogen-bond donors (Lipinski definition) is 0. The average molecular weight is 287 g/mol. The monoisotopic (exact) mass is 287 g/mol. The SMILES string of the molecule is COC(=O)[C@@H]1CN(Cc2ccccc2)C[C@H]1C(F)(F)F. The number of alkyl halides is 3. The van der Waals surface area contributed by atoms with Gasteiger partial charge in [-0.3, -0.25) is 9.69 Å². The Hall–Kier alpha value is -1.56. The molecule has 2 atom stereocenters. The maximum atomic E-state index is 13.0. The Morgan fingerprint density at radius 2 is 1.95 bits per heavy atom. The van der Waals surface area contributed by atoms with Crippen LogP contribution in [-0.2, 0) is 16.1 Å². The zero-order valence-electron chi connectivity index (χ0n) is 11.1. The standard InChI is InChI=1S/C14H16F3NO2/c1-20-13(19)11-8-18(9-12(11)14(15,16)17)7-10-5-3-2-4-6-10/h2-6,11-12H,7-9H2,1H3/t11-,12-/m1/s1. The number of ether oxygens (including phenoxy) is 1. The van der Waals surface area contributed by atoms with Gasteiger partial charge in [-0.1, -0.05) is 30.3 Å². The summed E-state index contributed by atoms with van der Waals surface area (Å²) in [5, 5.41) is 0. The third-order valence-electron chi connectivity index (χ3n) is 3.57. The van der Waals surface area contributed by atoms with Gasteiger partial charge in [-0.05, 0) is 5.56 Å². The van der Waals surface area contributed by atoms with E-state index in [9.17, 15) is 18.0 Å². The molecule has 0 spiro atoms. The minimum atomic E-state index is -4.38. The number of halogens is 3. The minimum Gasteiger partial charge on any atom is -0.469 e. The molecule has 3 nitrogen and oxygen atoms in total. The number of rotatable bonds is 3. The van der Waals surface area contributed by atoms with E-state index in [1.165, 1.54) is 0 Å². The molecule has 0 unspecified atom stereocenters. The van der Waals surface area contributed by atoms with Crippen molar-refractivity contribution in [3.05, 3.63) is 35.9 Å². The summed E-state index contributed by atoms with van der Waals surface area (Å²) >= 11 is 0. The van der Waals surface area contributed by atoms with Crippen molar-refractivity contribution in [2.45, 2.75) is 12.7 Å². The van der Waals surface area contributed by atoms with E-state index >= 15 is 0 Å². The maximum Gasteiger partial charge on any atom is 0.393 e. The van der Waals surface area contributed by atoms with Crippen LogP contribution in [0.15, 0.2) is 30.3 Å². The van der Waals surface area contributed by atoms with Gasteiger partial charge in [0.25, 0.3) is 0 Å². The number of hydrogen-bond acceptors (Lipinski definition) is 3. The second-order valence-corrected chi connectivity index (χ2v) is 4.96. The average Bonchev–Trinajstić information content (AvgIpc) is 2.83. The van der Waals surface area contributed by atoms with Gasteiger partial charge in [0.2, 0.25) is 0 Å². The number of benzene rings is 1. The van der Waals surface area contributed by atoms with E-state index in [-0.39, 0.29) is 13.1 Å². The van der Waals surface area contributed by atoms with Gasteiger partial charge in [-0.2, -0.15) is 13.2 Å². The maximum absolute atomic E-state index is 13.0. The van der Waals surface area contributed by atoms with Crippen molar-refractivity contribution in [3.8, 4) is 0 Å². The summed E-state index contributed by atoms with van der Waals surface area (Å²) in [5.74, 6) is -3.58. The van der Waals surface area contributed by atoms with E-state index in [4.69, 9.17) is 0 Å². The second kappa shape index (κ2) is 5.83. The fourth-order valence-corrected chi connectivity index (χ4v) is 2.58. The molecule has 1 heterocycles. The molecule has 0 bridgehead atoms. The molecule has 1 aromatic carbocycles. The van der Waals surface area contributed by atoms with Gasteiger partial charge in [-0.25, -0.2) is 0 Å². The van der Waals surface area contributed by atoms with Crippen molar-refractivity contribution < 1.29 is 22.7 Å². The van der Waals surface area contributed by atoms with Crippen molar-refractivity contribution in [2.24, 2.45) is 11.8 Å². The minimum absolute atomic E-state index is 0.0751. The number of carbonyl (C=O) groups excluding carboxylic acids is 1. The first-order chi connectivity index (χ1) is 9.41. The van der Waals surface area contributed by atoms with Crippen molar-refractivity contribution in [1.82, 2.24) is 4.90 Å². The molecular formula is C14H16F3NO2. The van der Waals surface area contributed by atoms with Crippen LogP contribution in [0.1, 0.15) is 5.56 Å². The molecule has 110 valence electrons. The van der Waals surface area contributed by atoms with Crippen molar-refractivity contribution in [1.29, 1.82) is 0 Å². The largest absolute Gasteiger partial charge is 0.469 e. The Labute approximate surface area is 115 Å². The number of esters is 1. The molecule has 0 radical (unpaired) electrons. The summed E-state index contributed by atoms with van der Waals surface area (Å²) in [5.41, 5.74) is 0.930. The lowest BCUT2D eigenvalue weighted by Crippen LogP contribution is -2.34. The first-order valence-corrected chi connectivity index (χ1v) is 6.32. The topological polar surface area (TPSA) is 29.5 Å². The molecule has 6 heteroatoms. The third-order valence-corrected chi connectivity index (χ3v) is 3.57. The smallest absolute Gasteiger partial charge is 0.393 e. The normalized spacial score (nSPS) is 23.8. The van der Waals surface area contributed by atoms with Gasteiger partial charge >= 0.3 is 12.1 Å². The predicted octanol–water partition coefficient (Wildman–Crippen LogP) is 2.47. The Kier molecular flexibility index (Phi) is 4.32. The summed E-state index contributed by atoms with van der Waals surface area (Å²) in [4.78, 5) is 13.2. The quantitative estimate of drug-likeness (QED) is 0.800. The zero-order valence-corrected chi connectivity index (χ0v) is 11.1. The van der Waals surface area contributed by atoms with Gasteiger partial charge in [0.15, 0.2) is 0 Å². The highest BCUT2D eigenvalue weighted by molar-refractivity contribution is 5.73. The van der Waals surface area contributed by atoms with E-state index in [1.54, 1.807) is 4.90 Å². The fraction of sp³-hybridized carbons (Fsp3) is 0.500. The third kappa shape index (κ3) is 3.30. The summed E-state index contributed by atoms with van der Waals surface area (Å²) in [6, 6.07) is 9.24. The van der Waals surface area contributed by atoms with Crippen LogP contribution in [-0.4, -0.2) is 37.2 Å². The van der Waals surface area contributed by atoms with E-state index in [0.29, 0.717) is 6.54 Å². The fourth-order valence-electron chi connectivity index (χ4n) is 2.58. The Morgan fingerprint density at radius 1 is 1.30 bits per heavy atom. The molecule has 0 saturated carbocycles. The van der Waals surface area contributed by atoms with E-state index in [0.717, 1.165) is 12.7 Å². The Balaban J connectivity index is 2.09. The van der Waals surface area contributed by atoms with Crippen LogP contribution in [0.2, 0.25) is 0 Å².